The van der Waals surface area contributed by atoms with E-state index in [2.05, 4.69) is 5.32 Å². The van der Waals surface area contributed by atoms with E-state index in [1.54, 1.807) is 0 Å². The van der Waals surface area contributed by atoms with E-state index in [0.29, 0.717) is 18.8 Å². The molecule has 0 saturated heterocycles. The standard InChI is InChI=1S/C18H20FNO4S/c1-3-24-17-7-5-4-6-13(17)8-11-18(21)20-16-12-14(25(2,22)23)9-10-15(16)19/h4-7,9-10,12H,3,8,11H2,1-2H3,(H,20,21). The largest absolute Gasteiger partial charge is 0.494 e. The number of ether oxygens (including phenoxy) is 1. The van der Waals surface area contributed by atoms with Crippen LogP contribution in [0.5, 0.6) is 5.75 Å². The van der Waals surface area contributed by atoms with Crippen molar-refractivity contribution in [2.75, 3.05) is 18.2 Å². The van der Waals surface area contributed by atoms with Crippen LogP contribution < -0.4 is 10.1 Å². The topological polar surface area (TPSA) is 72.5 Å². The molecular formula is C18H20FNO4S. The molecule has 1 N–H and O–H groups in total. The number of para-hydroxylation sites is 1. The van der Waals surface area contributed by atoms with Crippen LogP contribution in [0, 0.1) is 5.82 Å². The van der Waals surface area contributed by atoms with Crippen molar-refractivity contribution in [3.63, 3.8) is 0 Å². The summed E-state index contributed by atoms with van der Waals surface area (Å²) < 4.78 is 42.4. The Labute approximate surface area is 146 Å². The molecule has 134 valence electrons. The number of rotatable bonds is 7. The fourth-order valence-corrected chi connectivity index (χ4v) is 2.95. The third kappa shape index (κ3) is 5.29. The average Bonchev–Trinajstić information content (AvgIpc) is 2.55. The third-order valence-corrected chi connectivity index (χ3v) is 4.64. The SMILES string of the molecule is CCOc1ccccc1CCC(=O)Nc1cc(S(C)(=O)=O)ccc1F. The van der Waals surface area contributed by atoms with Gasteiger partial charge in [-0.3, -0.25) is 4.79 Å². The minimum absolute atomic E-state index is 0.0501. The van der Waals surface area contributed by atoms with Gasteiger partial charge in [-0.25, -0.2) is 12.8 Å². The second-order valence-electron chi connectivity index (χ2n) is 5.50. The number of aryl methyl sites for hydroxylation is 1. The number of hydrogen-bond acceptors (Lipinski definition) is 4. The van der Waals surface area contributed by atoms with Crippen molar-refractivity contribution in [2.24, 2.45) is 0 Å². The number of carbonyl (C=O) groups excluding carboxylic acids is 1. The molecule has 0 fully saturated rings. The van der Waals surface area contributed by atoms with Crippen molar-refractivity contribution < 1.29 is 22.3 Å². The Bertz CT molecular complexity index is 865. The van der Waals surface area contributed by atoms with E-state index in [9.17, 15) is 17.6 Å². The number of benzene rings is 2. The predicted molar refractivity (Wildman–Crippen MR) is 94.1 cm³/mol. The van der Waals surface area contributed by atoms with Gasteiger partial charge in [0.1, 0.15) is 11.6 Å². The molecule has 0 radical (unpaired) electrons. The van der Waals surface area contributed by atoms with Gasteiger partial charge < -0.3 is 10.1 Å². The summed E-state index contributed by atoms with van der Waals surface area (Å²) in [6, 6.07) is 10.7. The van der Waals surface area contributed by atoms with E-state index in [1.807, 2.05) is 31.2 Å². The maximum atomic E-state index is 13.8. The lowest BCUT2D eigenvalue weighted by molar-refractivity contribution is -0.116. The zero-order valence-electron chi connectivity index (χ0n) is 14.1. The van der Waals surface area contributed by atoms with Gasteiger partial charge in [-0.2, -0.15) is 0 Å². The van der Waals surface area contributed by atoms with E-state index >= 15 is 0 Å². The summed E-state index contributed by atoms with van der Waals surface area (Å²) in [5, 5.41) is 2.43. The van der Waals surface area contributed by atoms with Crippen molar-refractivity contribution in [1.82, 2.24) is 0 Å². The fourth-order valence-electron chi connectivity index (χ4n) is 2.30. The summed E-state index contributed by atoms with van der Waals surface area (Å²) in [6.45, 7) is 2.40. The molecule has 0 heterocycles. The summed E-state index contributed by atoms with van der Waals surface area (Å²) in [5.74, 6) is -0.380. The highest BCUT2D eigenvalue weighted by molar-refractivity contribution is 7.90. The smallest absolute Gasteiger partial charge is 0.224 e. The lowest BCUT2D eigenvalue weighted by atomic mass is 10.1. The highest BCUT2D eigenvalue weighted by Crippen LogP contribution is 2.22. The maximum absolute atomic E-state index is 13.8. The number of sulfone groups is 1. The molecule has 0 saturated carbocycles. The summed E-state index contributed by atoms with van der Waals surface area (Å²) in [6.07, 6.45) is 1.57. The molecule has 2 rings (SSSR count). The Hall–Kier alpha value is -2.41. The van der Waals surface area contributed by atoms with Crippen molar-refractivity contribution in [2.45, 2.75) is 24.7 Å². The average molecular weight is 365 g/mol. The van der Waals surface area contributed by atoms with Gasteiger partial charge in [-0.05, 0) is 43.2 Å². The first-order chi connectivity index (χ1) is 11.8. The second-order valence-corrected chi connectivity index (χ2v) is 7.52. The van der Waals surface area contributed by atoms with Crippen molar-refractivity contribution in [1.29, 1.82) is 0 Å². The quantitative estimate of drug-likeness (QED) is 0.765. The second kappa shape index (κ2) is 8.11. The first-order valence-corrected chi connectivity index (χ1v) is 9.70. The molecule has 2 aromatic rings. The number of carbonyl (C=O) groups is 1. The zero-order valence-corrected chi connectivity index (χ0v) is 14.9. The Balaban J connectivity index is 2.06. The first kappa shape index (κ1) is 18.9. The van der Waals surface area contributed by atoms with Crippen molar-refractivity contribution >= 4 is 21.4 Å². The number of halogens is 1. The van der Waals surface area contributed by atoms with Gasteiger partial charge in [0, 0.05) is 12.7 Å². The van der Waals surface area contributed by atoms with Crippen LogP contribution in [0.25, 0.3) is 0 Å². The minimum atomic E-state index is -3.48. The van der Waals surface area contributed by atoms with Crippen LogP contribution in [0.4, 0.5) is 10.1 Å². The predicted octanol–water partition coefficient (Wildman–Crippen LogP) is 3.20. The zero-order chi connectivity index (χ0) is 18.4. The van der Waals surface area contributed by atoms with E-state index in [4.69, 9.17) is 4.74 Å². The molecular weight excluding hydrogens is 345 g/mol. The van der Waals surface area contributed by atoms with E-state index in [1.165, 1.54) is 6.07 Å². The van der Waals surface area contributed by atoms with Crippen LogP contribution in [0.1, 0.15) is 18.9 Å². The molecule has 5 nitrogen and oxygen atoms in total. The highest BCUT2D eigenvalue weighted by Gasteiger charge is 2.13. The molecule has 1 amide bonds. The van der Waals surface area contributed by atoms with Crippen LogP contribution in [-0.4, -0.2) is 27.2 Å². The Morgan fingerprint density at radius 1 is 1.20 bits per heavy atom. The molecule has 0 aliphatic heterocycles. The molecule has 0 aliphatic rings. The van der Waals surface area contributed by atoms with Crippen LogP contribution in [0.15, 0.2) is 47.4 Å². The maximum Gasteiger partial charge on any atom is 0.224 e. The van der Waals surface area contributed by atoms with E-state index in [-0.39, 0.29) is 17.0 Å². The normalized spacial score (nSPS) is 11.2. The van der Waals surface area contributed by atoms with Crippen molar-refractivity contribution in [3.8, 4) is 5.75 Å². The van der Waals surface area contributed by atoms with Gasteiger partial charge in [0.15, 0.2) is 9.84 Å². The number of hydrogen-bond donors (Lipinski definition) is 1. The van der Waals surface area contributed by atoms with E-state index < -0.39 is 21.6 Å². The molecule has 0 spiro atoms. The van der Waals surface area contributed by atoms with Gasteiger partial charge in [0.2, 0.25) is 5.91 Å². The minimum Gasteiger partial charge on any atom is -0.494 e. The van der Waals surface area contributed by atoms with E-state index in [0.717, 1.165) is 24.0 Å². The summed E-state index contributed by atoms with van der Waals surface area (Å²) in [7, 11) is -3.48. The number of anilines is 1. The molecule has 0 bridgehead atoms. The van der Waals surface area contributed by atoms with Crippen LogP contribution in [0.2, 0.25) is 0 Å². The monoisotopic (exact) mass is 365 g/mol. The highest BCUT2D eigenvalue weighted by atomic mass is 32.2. The third-order valence-electron chi connectivity index (χ3n) is 3.53. The lowest BCUT2D eigenvalue weighted by Crippen LogP contribution is -2.14. The molecule has 0 aliphatic carbocycles. The molecule has 2 aromatic carbocycles. The lowest BCUT2D eigenvalue weighted by Gasteiger charge is -2.11. The van der Waals surface area contributed by atoms with Crippen LogP contribution in [0.3, 0.4) is 0 Å². The first-order valence-electron chi connectivity index (χ1n) is 7.81. The Morgan fingerprint density at radius 2 is 1.92 bits per heavy atom. The van der Waals surface area contributed by atoms with Gasteiger partial charge >= 0.3 is 0 Å². The fraction of sp³-hybridized carbons (Fsp3) is 0.278. The number of nitrogens with one attached hydrogen (secondary N) is 1. The van der Waals surface area contributed by atoms with Crippen LogP contribution >= 0.6 is 0 Å². The molecule has 0 unspecified atom stereocenters. The molecule has 0 atom stereocenters. The molecule has 7 heteroatoms. The summed E-state index contributed by atoms with van der Waals surface area (Å²) in [5.41, 5.74) is 0.732. The van der Waals surface area contributed by atoms with Gasteiger partial charge in [-0.1, -0.05) is 18.2 Å². The van der Waals surface area contributed by atoms with Gasteiger partial charge in [0.05, 0.1) is 17.2 Å². The van der Waals surface area contributed by atoms with Gasteiger partial charge in [-0.15, -0.1) is 0 Å². The molecule has 0 aromatic heterocycles. The Kier molecular flexibility index (Phi) is 6.14. The molecule has 25 heavy (non-hydrogen) atoms. The van der Waals surface area contributed by atoms with Gasteiger partial charge in [0.25, 0.3) is 0 Å². The summed E-state index contributed by atoms with van der Waals surface area (Å²) >= 11 is 0. The van der Waals surface area contributed by atoms with Crippen molar-refractivity contribution in [3.05, 3.63) is 53.8 Å². The Morgan fingerprint density at radius 3 is 2.60 bits per heavy atom. The summed E-state index contributed by atoms with van der Waals surface area (Å²) in [4.78, 5) is 12.1. The van der Waals surface area contributed by atoms with Crippen LogP contribution in [-0.2, 0) is 21.1 Å². The number of amides is 1.